The first-order valence-corrected chi connectivity index (χ1v) is 11.4. The number of carbonyl (C=O) groups excluding carboxylic acids is 2. The maximum absolute atomic E-state index is 12.9. The van der Waals surface area contributed by atoms with E-state index in [1.165, 1.54) is 9.21 Å². The quantitative estimate of drug-likeness (QED) is 0.627. The first kappa shape index (κ1) is 21.5. The smallest absolute Gasteiger partial charge is 0.325 e. The predicted octanol–water partition coefficient (Wildman–Crippen LogP) is 1.07. The molecule has 10 heteroatoms. The van der Waals surface area contributed by atoms with Crippen LogP contribution in [0.3, 0.4) is 0 Å². The molecule has 2 saturated heterocycles. The highest BCUT2D eigenvalue weighted by molar-refractivity contribution is 7.89. The van der Waals surface area contributed by atoms with Crippen molar-refractivity contribution in [3.8, 4) is 5.75 Å². The summed E-state index contributed by atoms with van der Waals surface area (Å²) < 4.78 is 32.5. The molecule has 0 aliphatic carbocycles. The number of sulfonamides is 1. The van der Waals surface area contributed by atoms with Gasteiger partial charge in [-0.15, -0.1) is 0 Å². The number of benzene rings is 1. The molecule has 9 nitrogen and oxygen atoms in total. The Balaban J connectivity index is 1.57. The molecule has 2 aliphatic heterocycles. The molecule has 3 amide bonds. The third-order valence-corrected chi connectivity index (χ3v) is 7.04. The Morgan fingerprint density at radius 2 is 1.72 bits per heavy atom. The topological polar surface area (TPSA) is 99.3 Å². The normalized spacial score (nSPS) is 21.4. The van der Waals surface area contributed by atoms with Gasteiger partial charge in [0.25, 0.3) is 5.91 Å². The van der Waals surface area contributed by atoms with Crippen LogP contribution in [0, 0.1) is 0 Å². The van der Waals surface area contributed by atoms with Crippen LogP contribution in [0.1, 0.15) is 26.7 Å². The standard InChI is InChI=1S/C19H28N4O5S/c1-3-5-17-18(24)23(19(25)20-17)14-21-10-12-22(13-11-21)29(26,27)16-8-6-15(7-9-16)28-4-2/h6-9,17H,3-5,10-14H2,1-2H3,(H,20,25). The molecule has 2 aliphatic rings. The Morgan fingerprint density at radius 3 is 2.31 bits per heavy atom. The minimum absolute atomic E-state index is 0.182. The molecule has 29 heavy (non-hydrogen) atoms. The van der Waals surface area contributed by atoms with Crippen LogP contribution in [-0.2, 0) is 14.8 Å². The van der Waals surface area contributed by atoms with Crippen molar-refractivity contribution in [1.29, 1.82) is 0 Å². The Hall–Kier alpha value is -2.17. The molecule has 0 aromatic heterocycles. The summed E-state index contributed by atoms with van der Waals surface area (Å²) in [6.45, 7) is 6.04. The van der Waals surface area contributed by atoms with Crippen LogP contribution >= 0.6 is 0 Å². The molecule has 160 valence electrons. The molecule has 1 N–H and O–H groups in total. The number of imide groups is 1. The average Bonchev–Trinajstić information content (AvgIpc) is 2.97. The first-order chi connectivity index (χ1) is 13.9. The van der Waals surface area contributed by atoms with Crippen LogP contribution in [0.2, 0.25) is 0 Å². The second kappa shape index (κ2) is 9.10. The van der Waals surface area contributed by atoms with Crippen molar-refractivity contribution in [1.82, 2.24) is 19.4 Å². The second-order valence-electron chi connectivity index (χ2n) is 7.12. The van der Waals surface area contributed by atoms with Gasteiger partial charge in [-0.2, -0.15) is 4.31 Å². The predicted molar refractivity (Wildman–Crippen MR) is 107 cm³/mol. The zero-order valence-electron chi connectivity index (χ0n) is 16.8. The Kier molecular flexibility index (Phi) is 6.76. The zero-order chi connectivity index (χ0) is 21.0. The number of hydrogen-bond acceptors (Lipinski definition) is 6. The highest BCUT2D eigenvalue weighted by Crippen LogP contribution is 2.21. The largest absolute Gasteiger partial charge is 0.494 e. The van der Waals surface area contributed by atoms with Crippen LogP contribution in [-0.4, -0.2) is 80.0 Å². The van der Waals surface area contributed by atoms with E-state index in [-0.39, 0.29) is 23.5 Å². The molecular formula is C19H28N4O5S. The van der Waals surface area contributed by atoms with E-state index in [9.17, 15) is 18.0 Å². The van der Waals surface area contributed by atoms with Crippen molar-refractivity contribution >= 4 is 22.0 Å². The summed E-state index contributed by atoms with van der Waals surface area (Å²) in [5.74, 6) is 0.424. The fourth-order valence-electron chi connectivity index (χ4n) is 3.53. The molecular weight excluding hydrogens is 396 g/mol. The van der Waals surface area contributed by atoms with Gasteiger partial charge in [0.2, 0.25) is 10.0 Å². The number of nitrogens with zero attached hydrogens (tertiary/aromatic N) is 3. The van der Waals surface area contributed by atoms with Gasteiger partial charge in [0, 0.05) is 26.2 Å². The Morgan fingerprint density at radius 1 is 1.07 bits per heavy atom. The summed E-state index contributed by atoms with van der Waals surface area (Å²) >= 11 is 0. The summed E-state index contributed by atoms with van der Waals surface area (Å²) in [5, 5.41) is 2.71. The highest BCUT2D eigenvalue weighted by atomic mass is 32.2. The van der Waals surface area contributed by atoms with Crippen molar-refractivity contribution < 1.29 is 22.7 Å². The fourth-order valence-corrected chi connectivity index (χ4v) is 4.95. The highest BCUT2D eigenvalue weighted by Gasteiger charge is 2.39. The number of urea groups is 1. The van der Waals surface area contributed by atoms with Crippen LogP contribution in [0.4, 0.5) is 4.79 Å². The van der Waals surface area contributed by atoms with Crippen molar-refractivity contribution in [2.45, 2.75) is 37.6 Å². The molecule has 2 heterocycles. The Labute approximate surface area is 171 Å². The molecule has 1 unspecified atom stereocenters. The van der Waals surface area contributed by atoms with Gasteiger partial charge in [-0.05, 0) is 37.6 Å². The van der Waals surface area contributed by atoms with Gasteiger partial charge in [0.15, 0.2) is 0 Å². The zero-order valence-corrected chi connectivity index (χ0v) is 17.7. The molecule has 0 radical (unpaired) electrons. The lowest BCUT2D eigenvalue weighted by Crippen LogP contribution is -2.52. The number of piperazine rings is 1. The summed E-state index contributed by atoms with van der Waals surface area (Å²) in [7, 11) is -3.59. The molecule has 1 atom stereocenters. The van der Waals surface area contributed by atoms with E-state index in [2.05, 4.69) is 5.32 Å². The lowest BCUT2D eigenvalue weighted by atomic mass is 10.2. The lowest BCUT2D eigenvalue weighted by Gasteiger charge is -2.35. The van der Waals surface area contributed by atoms with Gasteiger partial charge in [-0.25, -0.2) is 18.1 Å². The van der Waals surface area contributed by atoms with E-state index in [1.807, 2.05) is 18.7 Å². The summed E-state index contributed by atoms with van der Waals surface area (Å²) in [6.07, 6.45) is 1.43. The molecule has 1 aromatic rings. The summed E-state index contributed by atoms with van der Waals surface area (Å²) in [4.78, 5) is 27.8. The molecule has 0 spiro atoms. The minimum Gasteiger partial charge on any atom is -0.494 e. The van der Waals surface area contributed by atoms with Crippen LogP contribution in [0.15, 0.2) is 29.2 Å². The third-order valence-electron chi connectivity index (χ3n) is 5.13. The number of nitrogens with one attached hydrogen (secondary N) is 1. The SMILES string of the molecule is CCCC1NC(=O)N(CN2CCN(S(=O)(=O)c3ccc(OCC)cc3)CC2)C1=O. The molecule has 0 bridgehead atoms. The number of ether oxygens (including phenoxy) is 1. The maximum Gasteiger partial charge on any atom is 0.325 e. The average molecular weight is 425 g/mol. The number of carbonyl (C=O) groups is 2. The van der Waals surface area contributed by atoms with E-state index in [0.29, 0.717) is 45.0 Å². The van der Waals surface area contributed by atoms with E-state index >= 15 is 0 Å². The maximum atomic E-state index is 12.9. The molecule has 2 fully saturated rings. The van der Waals surface area contributed by atoms with Gasteiger partial charge in [-0.1, -0.05) is 13.3 Å². The van der Waals surface area contributed by atoms with Gasteiger partial charge in [-0.3, -0.25) is 9.69 Å². The third kappa shape index (κ3) is 4.71. The number of rotatable bonds is 8. The fraction of sp³-hybridized carbons (Fsp3) is 0.579. The van der Waals surface area contributed by atoms with E-state index in [4.69, 9.17) is 4.74 Å². The molecule has 3 rings (SSSR count). The van der Waals surface area contributed by atoms with Crippen molar-refractivity contribution in [2.24, 2.45) is 0 Å². The van der Waals surface area contributed by atoms with Crippen LogP contribution in [0.5, 0.6) is 5.75 Å². The van der Waals surface area contributed by atoms with E-state index in [1.54, 1.807) is 24.3 Å². The van der Waals surface area contributed by atoms with Gasteiger partial charge in [0.05, 0.1) is 18.2 Å². The second-order valence-corrected chi connectivity index (χ2v) is 9.06. The lowest BCUT2D eigenvalue weighted by molar-refractivity contribution is -0.129. The van der Waals surface area contributed by atoms with E-state index < -0.39 is 16.1 Å². The van der Waals surface area contributed by atoms with Crippen LogP contribution in [0.25, 0.3) is 0 Å². The van der Waals surface area contributed by atoms with Crippen molar-refractivity contribution in [3.05, 3.63) is 24.3 Å². The van der Waals surface area contributed by atoms with Crippen molar-refractivity contribution in [2.75, 3.05) is 39.5 Å². The Bertz CT molecular complexity index is 835. The van der Waals surface area contributed by atoms with Gasteiger partial charge < -0.3 is 10.1 Å². The monoisotopic (exact) mass is 424 g/mol. The molecule has 1 aromatic carbocycles. The van der Waals surface area contributed by atoms with Gasteiger partial charge in [0.1, 0.15) is 11.8 Å². The first-order valence-electron chi connectivity index (χ1n) is 9.94. The van der Waals surface area contributed by atoms with Gasteiger partial charge >= 0.3 is 6.03 Å². The summed E-state index contributed by atoms with van der Waals surface area (Å²) in [6, 6.07) is 5.57. The minimum atomic E-state index is -3.59. The number of hydrogen-bond donors (Lipinski definition) is 1. The van der Waals surface area contributed by atoms with E-state index in [0.717, 1.165) is 6.42 Å². The summed E-state index contributed by atoms with van der Waals surface area (Å²) in [5.41, 5.74) is 0. The van der Waals surface area contributed by atoms with Crippen molar-refractivity contribution in [3.63, 3.8) is 0 Å². The number of amides is 3. The van der Waals surface area contributed by atoms with Crippen LogP contribution < -0.4 is 10.1 Å². The molecule has 0 saturated carbocycles.